The topological polar surface area (TPSA) is 91.3 Å². The van der Waals surface area contributed by atoms with E-state index in [1.807, 2.05) is 29.2 Å². The molecular weight excluding hydrogens is 400 g/mol. The summed E-state index contributed by atoms with van der Waals surface area (Å²) in [5.41, 5.74) is 2.79. The maximum atomic E-state index is 13.1. The van der Waals surface area contributed by atoms with Crippen LogP contribution in [0.5, 0.6) is 0 Å². The maximum Gasteiger partial charge on any atom is 0.229 e. The molecule has 0 aliphatic carbocycles. The summed E-state index contributed by atoms with van der Waals surface area (Å²) in [5.74, 6) is 1.61. The second-order valence-electron chi connectivity index (χ2n) is 7.93. The van der Waals surface area contributed by atoms with Crippen LogP contribution in [0.2, 0.25) is 0 Å². The number of nitrogens with one attached hydrogen (secondary N) is 1. The monoisotopic (exact) mass is 428 g/mol. The van der Waals surface area contributed by atoms with E-state index in [4.69, 9.17) is 9.97 Å². The van der Waals surface area contributed by atoms with Gasteiger partial charge in [0, 0.05) is 44.4 Å². The Morgan fingerprint density at radius 3 is 2.77 bits per heavy atom. The lowest BCUT2D eigenvalue weighted by Crippen LogP contribution is -2.41. The first-order valence-electron chi connectivity index (χ1n) is 10.5. The van der Waals surface area contributed by atoms with Crippen LogP contribution >= 0.6 is 11.3 Å². The Balaban J connectivity index is 1.61. The van der Waals surface area contributed by atoms with E-state index in [1.54, 1.807) is 18.3 Å². The SMILES string of the molecule is CNc1nc([C@H]2CCCCN2C(=O)Cc2csc(C)n2)nc2c1CN(C(C)=O)CC2. The molecule has 30 heavy (non-hydrogen) atoms. The summed E-state index contributed by atoms with van der Waals surface area (Å²) in [6.45, 7) is 5.46. The van der Waals surface area contributed by atoms with Crippen molar-refractivity contribution in [3.8, 4) is 0 Å². The molecule has 1 saturated heterocycles. The molecule has 4 rings (SSSR count). The van der Waals surface area contributed by atoms with Crippen LogP contribution in [0.3, 0.4) is 0 Å². The van der Waals surface area contributed by atoms with Crippen molar-refractivity contribution in [1.82, 2.24) is 24.8 Å². The number of hydrogen-bond donors (Lipinski definition) is 1. The van der Waals surface area contributed by atoms with E-state index in [-0.39, 0.29) is 17.9 Å². The van der Waals surface area contributed by atoms with Crippen LogP contribution in [-0.2, 0) is 29.0 Å². The number of carbonyl (C=O) groups excluding carboxylic acids is 2. The van der Waals surface area contributed by atoms with E-state index in [0.29, 0.717) is 31.8 Å². The molecule has 2 aliphatic heterocycles. The molecule has 0 bridgehead atoms. The van der Waals surface area contributed by atoms with Crippen LogP contribution < -0.4 is 5.32 Å². The number of nitrogens with zero attached hydrogens (tertiary/aromatic N) is 5. The number of amides is 2. The molecule has 2 aromatic rings. The number of aryl methyl sites for hydroxylation is 1. The Kier molecular flexibility index (Phi) is 5.99. The molecule has 1 N–H and O–H groups in total. The predicted molar refractivity (Wildman–Crippen MR) is 115 cm³/mol. The lowest BCUT2D eigenvalue weighted by molar-refractivity contribution is -0.134. The van der Waals surface area contributed by atoms with E-state index in [1.165, 1.54) is 0 Å². The number of rotatable bonds is 4. The minimum Gasteiger partial charge on any atom is -0.373 e. The molecule has 0 radical (unpaired) electrons. The summed E-state index contributed by atoms with van der Waals surface area (Å²) >= 11 is 1.57. The Hall–Kier alpha value is -2.55. The van der Waals surface area contributed by atoms with Gasteiger partial charge in [-0.3, -0.25) is 9.59 Å². The van der Waals surface area contributed by atoms with Gasteiger partial charge in [-0.2, -0.15) is 0 Å². The fourth-order valence-electron chi connectivity index (χ4n) is 4.30. The number of likely N-dealkylation sites (tertiary alicyclic amines) is 1. The summed E-state index contributed by atoms with van der Waals surface area (Å²) in [7, 11) is 1.84. The molecule has 160 valence electrons. The third kappa shape index (κ3) is 4.16. The summed E-state index contributed by atoms with van der Waals surface area (Å²) in [4.78, 5) is 42.8. The van der Waals surface area contributed by atoms with Gasteiger partial charge in [0.2, 0.25) is 11.8 Å². The maximum absolute atomic E-state index is 13.1. The van der Waals surface area contributed by atoms with Crippen LogP contribution in [0.1, 0.15) is 60.0 Å². The van der Waals surface area contributed by atoms with Crippen LogP contribution in [0, 0.1) is 6.92 Å². The summed E-state index contributed by atoms with van der Waals surface area (Å²) < 4.78 is 0. The average molecular weight is 429 g/mol. The molecule has 2 aliphatic rings. The third-order valence-electron chi connectivity index (χ3n) is 5.88. The van der Waals surface area contributed by atoms with Crippen LogP contribution in [0.15, 0.2) is 5.38 Å². The Morgan fingerprint density at radius 1 is 1.23 bits per heavy atom. The van der Waals surface area contributed by atoms with Crippen LogP contribution in [-0.4, -0.2) is 56.7 Å². The Morgan fingerprint density at radius 2 is 2.07 bits per heavy atom. The number of anilines is 1. The van der Waals surface area contributed by atoms with Crippen molar-refractivity contribution < 1.29 is 9.59 Å². The van der Waals surface area contributed by atoms with E-state index >= 15 is 0 Å². The van der Waals surface area contributed by atoms with Crippen LogP contribution in [0.4, 0.5) is 5.82 Å². The highest BCUT2D eigenvalue weighted by Crippen LogP contribution is 2.33. The molecule has 0 aromatic carbocycles. The van der Waals surface area contributed by atoms with Crippen LogP contribution in [0.25, 0.3) is 0 Å². The van der Waals surface area contributed by atoms with Gasteiger partial charge < -0.3 is 15.1 Å². The molecular formula is C21H28N6O2S. The van der Waals surface area contributed by atoms with Gasteiger partial charge in [0.15, 0.2) is 5.82 Å². The molecule has 2 aromatic heterocycles. The summed E-state index contributed by atoms with van der Waals surface area (Å²) in [6.07, 6.45) is 3.94. The highest BCUT2D eigenvalue weighted by atomic mass is 32.1. The number of carbonyl (C=O) groups is 2. The highest BCUT2D eigenvalue weighted by molar-refractivity contribution is 7.09. The van der Waals surface area contributed by atoms with Gasteiger partial charge in [0.05, 0.1) is 35.4 Å². The molecule has 0 unspecified atom stereocenters. The first-order chi connectivity index (χ1) is 14.5. The summed E-state index contributed by atoms with van der Waals surface area (Å²) in [5, 5.41) is 6.12. The quantitative estimate of drug-likeness (QED) is 0.805. The molecule has 2 amide bonds. The molecule has 4 heterocycles. The molecule has 0 saturated carbocycles. The molecule has 9 heteroatoms. The molecule has 8 nitrogen and oxygen atoms in total. The second-order valence-corrected chi connectivity index (χ2v) is 8.99. The van der Waals surface area contributed by atoms with Crippen molar-refractivity contribution in [3.63, 3.8) is 0 Å². The fraction of sp³-hybridized carbons (Fsp3) is 0.571. The van der Waals surface area contributed by atoms with E-state index in [9.17, 15) is 9.59 Å². The first-order valence-corrected chi connectivity index (χ1v) is 11.4. The number of piperidine rings is 1. The van der Waals surface area contributed by atoms with Gasteiger partial charge in [0.25, 0.3) is 0 Å². The van der Waals surface area contributed by atoms with Gasteiger partial charge in [-0.15, -0.1) is 11.3 Å². The van der Waals surface area contributed by atoms with E-state index in [2.05, 4.69) is 10.3 Å². The van der Waals surface area contributed by atoms with Gasteiger partial charge in [0.1, 0.15) is 5.82 Å². The zero-order valence-corrected chi connectivity index (χ0v) is 18.6. The minimum absolute atomic E-state index is 0.0631. The molecule has 1 atom stereocenters. The second kappa shape index (κ2) is 8.67. The van der Waals surface area contributed by atoms with E-state index in [0.717, 1.165) is 53.6 Å². The smallest absolute Gasteiger partial charge is 0.229 e. The van der Waals surface area contributed by atoms with Gasteiger partial charge in [-0.05, 0) is 26.2 Å². The largest absolute Gasteiger partial charge is 0.373 e. The van der Waals surface area contributed by atoms with Gasteiger partial charge in [-0.1, -0.05) is 0 Å². The summed E-state index contributed by atoms with van der Waals surface area (Å²) in [6, 6.07) is -0.116. The zero-order chi connectivity index (χ0) is 21.3. The van der Waals surface area contributed by atoms with Crippen molar-refractivity contribution in [1.29, 1.82) is 0 Å². The lowest BCUT2D eigenvalue weighted by atomic mass is 9.99. The van der Waals surface area contributed by atoms with Gasteiger partial charge in [-0.25, -0.2) is 15.0 Å². The minimum atomic E-state index is -0.116. The average Bonchev–Trinajstić information content (AvgIpc) is 3.16. The number of fused-ring (bicyclic) bond motifs is 1. The van der Waals surface area contributed by atoms with Crippen molar-refractivity contribution in [3.05, 3.63) is 33.2 Å². The highest BCUT2D eigenvalue weighted by Gasteiger charge is 2.32. The van der Waals surface area contributed by atoms with Crippen molar-refractivity contribution in [2.45, 2.75) is 58.5 Å². The van der Waals surface area contributed by atoms with Crippen molar-refractivity contribution in [2.24, 2.45) is 0 Å². The third-order valence-corrected chi connectivity index (χ3v) is 6.70. The zero-order valence-electron chi connectivity index (χ0n) is 17.8. The Bertz CT molecular complexity index is 942. The van der Waals surface area contributed by atoms with Crippen molar-refractivity contribution in [2.75, 3.05) is 25.5 Å². The molecule has 0 spiro atoms. The van der Waals surface area contributed by atoms with Crippen molar-refractivity contribution >= 4 is 29.0 Å². The number of thiazole rings is 1. The Labute approximate surface area is 180 Å². The standard InChI is InChI=1S/C21H28N6O2S/c1-13-23-15(12-30-13)10-19(29)27-8-5-4-6-18(27)21-24-17-7-9-26(14(2)28)11-16(17)20(22-3)25-21/h12,18H,4-11H2,1-3H3,(H,22,24,25)/t18-/m1/s1. The van der Waals surface area contributed by atoms with Gasteiger partial charge >= 0.3 is 0 Å². The normalized spacial score (nSPS) is 18.8. The number of aromatic nitrogens is 3. The van der Waals surface area contributed by atoms with E-state index < -0.39 is 0 Å². The molecule has 1 fully saturated rings. The predicted octanol–water partition coefficient (Wildman–Crippen LogP) is 2.48. The fourth-order valence-corrected chi connectivity index (χ4v) is 4.91. The lowest BCUT2D eigenvalue weighted by Gasteiger charge is -2.36. The first kappa shape index (κ1) is 20.7. The number of hydrogen-bond acceptors (Lipinski definition) is 7.